The second kappa shape index (κ2) is 4.63. The lowest BCUT2D eigenvalue weighted by atomic mass is 10.2. The SMILES string of the molecule is Nc1cc(Cl)c2ccc(N3CCOCC3)cc2n1. The molecule has 1 aliphatic rings. The molecule has 18 heavy (non-hydrogen) atoms. The fourth-order valence-corrected chi connectivity index (χ4v) is 2.48. The molecule has 0 spiro atoms. The molecular formula is C13H14ClN3O. The Morgan fingerprint density at radius 2 is 2.00 bits per heavy atom. The third-order valence-electron chi connectivity index (χ3n) is 3.14. The number of ether oxygens (including phenoxy) is 1. The summed E-state index contributed by atoms with van der Waals surface area (Å²) in [4.78, 5) is 6.61. The van der Waals surface area contributed by atoms with Crippen LogP contribution in [0.15, 0.2) is 24.3 Å². The summed E-state index contributed by atoms with van der Waals surface area (Å²) >= 11 is 6.15. The van der Waals surface area contributed by atoms with E-state index in [4.69, 9.17) is 22.1 Å². The van der Waals surface area contributed by atoms with Crippen LogP contribution in [0.3, 0.4) is 0 Å². The van der Waals surface area contributed by atoms with Crippen LogP contribution < -0.4 is 10.6 Å². The minimum absolute atomic E-state index is 0.451. The number of fused-ring (bicyclic) bond motifs is 1. The molecule has 0 unspecified atom stereocenters. The van der Waals surface area contributed by atoms with Gasteiger partial charge in [-0.1, -0.05) is 11.6 Å². The molecule has 0 atom stereocenters. The van der Waals surface area contributed by atoms with Crippen molar-refractivity contribution in [3.63, 3.8) is 0 Å². The van der Waals surface area contributed by atoms with Gasteiger partial charge in [-0.2, -0.15) is 0 Å². The quantitative estimate of drug-likeness (QED) is 0.858. The van der Waals surface area contributed by atoms with Gasteiger partial charge >= 0.3 is 0 Å². The summed E-state index contributed by atoms with van der Waals surface area (Å²) in [5.41, 5.74) is 7.70. The van der Waals surface area contributed by atoms with Gasteiger partial charge in [0.25, 0.3) is 0 Å². The lowest BCUT2D eigenvalue weighted by molar-refractivity contribution is 0.122. The maximum Gasteiger partial charge on any atom is 0.125 e. The number of pyridine rings is 1. The molecular weight excluding hydrogens is 250 g/mol. The minimum Gasteiger partial charge on any atom is -0.384 e. The predicted octanol–water partition coefficient (Wildman–Crippen LogP) is 2.31. The minimum atomic E-state index is 0.451. The molecule has 0 radical (unpaired) electrons. The largest absolute Gasteiger partial charge is 0.384 e. The lowest BCUT2D eigenvalue weighted by Crippen LogP contribution is -2.36. The number of hydrogen-bond donors (Lipinski definition) is 1. The smallest absolute Gasteiger partial charge is 0.125 e. The van der Waals surface area contributed by atoms with Crippen molar-refractivity contribution >= 4 is 34.0 Å². The highest BCUT2D eigenvalue weighted by Gasteiger charge is 2.12. The zero-order valence-corrected chi connectivity index (χ0v) is 10.7. The molecule has 2 aromatic rings. The third-order valence-corrected chi connectivity index (χ3v) is 3.45. The van der Waals surface area contributed by atoms with Gasteiger partial charge in [-0.05, 0) is 24.3 Å². The van der Waals surface area contributed by atoms with E-state index in [0.717, 1.165) is 42.9 Å². The van der Waals surface area contributed by atoms with E-state index in [9.17, 15) is 0 Å². The number of nitrogen functional groups attached to an aromatic ring is 1. The Kier molecular flexibility index (Phi) is 2.97. The van der Waals surface area contributed by atoms with E-state index >= 15 is 0 Å². The Morgan fingerprint density at radius 3 is 2.78 bits per heavy atom. The highest BCUT2D eigenvalue weighted by atomic mass is 35.5. The molecule has 0 saturated carbocycles. The second-order valence-corrected chi connectivity index (χ2v) is 4.74. The van der Waals surface area contributed by atoms with E-state index in [1.165, 1.54) is 0 Å². The average Bonchev–Trinajstić information content (AvgIpc) is 2.39. The lowest BCUT2D eigenvalue weighted by Gasteiger charge is -2.29. The van der Waals surface area contributed by atoms with E-state index in [1.807, 2.05) is 12.1 Å². The number of hydrogen-bond acceptors (Lipinski definition) is 4. The van der Waals surface area contributed by atoms with E-state index in [-0.39, 0.29) is 0 Å². The number of nitrogens with two attached hydrogens (primary N) is 1. The molecule has 1 fully saturated rings. The Morgan fingerprint density at radius 1 is 1.22 bits per heavy atom. The number of aromatic nitrogens is 1. The normalized spacial score (nSPS) is 16.2. The molecule has 2 heterocycles. The molecule has 1 aromatic carbocycles. The number of anilines is 2. The molecule has 1 aliphatic heterocycles. The molecule has 2 N–H and O–H groups in total. The van der Waals surface area contributed by atoms with Gasteiger partial charge in [-0.25, -0.2) is 4.98 Å². The first kappa shape index (κ1) is 11.6. The highest BCUT2D eigenvalue weighted by Crippen LogP contribution is 2.28. The molecule has 3 rings (SSSR count). The fourth-order valence-electron chi connectivity index (χ4n) is 2.21. The Labute approximate surface area is 110 Å². The van der Waals surface area contributed by atoms with Crippen molar-refractivity contribution in [2.24, 2.45) is 0 Å². The summed E-state index contributed by atoms with van der Waals surface area (Å²) < 4.78 is 5.35. The summed E-state index contributed by atoms with van der Waals surface area (Å²) in [5.74, 6) is 0.451. The standard InChI is InChI=1S/C13H14ClN3O/c14-11-8-13(15)16-12-7-9(1-2-10(11)12)17-3-5-18-6-4-17/h1-2,7-8H,3-6H2,(H2,15,16). The zero-order valence-electron chi connectivity index (χ0n) is 9.90. The number of morpholine rings is 1. The van der Waals surface area contributed by atoms with Crippen molar-refractivity contribution in [1.82, 2.24) is 4.98 Å². The molecule has 1 saturated heterocycles. The van der Waals surface area contributed by atoms with Crippen LogP contribution in [0.4, 0.5) is 11.5 Å². The van der Waals surface area contributed by atoms with Crippen LogP contribution in [0.25, 0.3) is 10.9 Å². The van der Waals surface area contributed by atoms with Crippen molar-refractivity contribution in [2.45, 2.75) is 0 Å². The maximum atomic E-state index is 6.15. The van der Waals surface area contributed by atoms with Crippen LogP contribution in [-0.2, 0) is 4.74 Å². The molecule has 0 aliphatic carbocycles. The first-order valence-corrected chi connectivity index (χ1v) is 6.30. The number of benzene rings is 1. The van der Waals surface area contributed by atoms with Crippen LogP contribution in [0.2, 0.25) is 5.02 Å². The molecule has 4 nitrogen and oxygen atoms in total. The van der Waals surface area contributed by atoms with Crippen LogP contribution >= 0.6 is 11.6 Å². The summed E-state index contributed by atoms with van der Waals surface area (Å²) in [6.45, 7) is 3.34. The molecule has 0 bridgehead atoms. The van der Waals surface area contributed by atoms with E-state index in [2.05, 4.69) is 16.0 Å². The van der Waals surface area contributed by atoms with Crippen LogP contribution in [0, 0.1) is 0 Å². The van der Waals surface area contributed by atoms with Crippen molar-refractivity contribution in [2.75, 3.05) is 36.9 Å². The van der Waals surface area contributed by atoms with Crippen LogP contribution in [0.5, 0.6) is 0 Å². The van der Waals surface area contributed by atoms with E-state index < -0.39 is 0 Å². The Balaban J connectivity index is 2.04. The summed E-state index contributed by atoms with van der Waals surface area (Å²) in [7, 11) is 0. The molecule has 5 heteroatoms. The average molecular weight is 264 g/mol. The van der Waals surface area contributed by atoms with E-state index in [1.54, 1.807) is 6.07 Å². The second-order valence-electron chi connectivity index (χ2n) is 4.33. The number of halogens is 1. The number of rotatable bonds is 1. The predicted molar refractivity (Wildman–Crippen MR) is 74.2 cm³/mol. The van der Waals surface area contributed by atoms with Gasteiger partial charge in [0, 0.05) is 24.2 Å². The molecule has 0 amide bonds. The van der Waals surface area contributed by atoms with Crippen molar-refractivity contribution in [3.8, 4) is 0 Å². The van der Waals surface area contributed by atoms with Crippen molar-refractivity contribution in [1.29, 1.82) is 0 Å². The van der Waals surface area contributed by atoms with Gasteiger partial charge in [-0.15, -0.1) is 0 Å². The van der Waals surface area contributed by atoms with E-state index in [0.29, 0.717) is 10.8 Å². The summed E-state index contributed by atoms with van der Waals surface area (Å²) in [5, 5.41) is 1.58. The third kappa shape index (κ3) is 2.09. The van der Waals surface area contributed by atoms with Gasteiger partial charge < -0.3 is 15.4 Å². The summed E-state index contributed by atoms with van der Waals surface area (Å²) in [6, 6.07) is 7.77. The molecule has 94 valence electrons. The summed E-state index contributed by atoms with van der Waals surface area (Å²) in [6.07, 6.45) is 0. The van der Waals surface area contributed by atoms with Gasteiger partial charge in [0.1, 0.15) is 5.82 Å². The van der Waals surface area contributed by atoms with Crippen molar-refractivity contribution < 1.29 is 4.74 Å². The Bertz CT molecular complexity index is 582. The van der Waals surface area contributed by atoms with Gasteiger partial charge in [-0.3, -0.25) is 0 Å². The first-order valence-electron chi connectivity index (χ1n) is 5.92. The zero-order chi connectivity index (χ0) is 12.5. The first-order chi connectivity index (χ1) is 8.74. The molecule has 1 aromatic heterocycles. The topological polar surface area (TPSA) is 51.4 Å². The van der Waals surface area contributed by atoms with Crippen molar-refractivity contribution in [3.05, 3.63) is 29.3 Å². The van der Waals surface area contributed by atoms with Crippen LogP contribution in [-0.4, -0.2) is 31.3 Å². The van der Waals surface area contributed by atoms with Crippen LogP contribution in [0.1, 0.15) is 0 Å². The van der Waals surface area contributed by atoms with Gasteiger partial charge in [0.2, 0.25) is 0 Å². The number of nitrogens with zero attached hydrogens (tertiary/aromatic N) is 2. The Hall–Kier alpha value is -1.52. The monoisotopic (exact) mass is 263 g/mol. The fraction of sp³-hybridized carbons (Fsp3) is 0.308. The maximum absolute atomic E-state index is 6.15. The van der Waals surface area contributed by atoms with Gasteiger partial charge in [0.15, 0.2) is 0 Å². The van der Waals surface area contributed by atoms with Gasteiger partial charge in [0.05, 0.1) is 23.8 Å². The highest BCUT2D eigenvalue weighted by molar-refractivity contribution is 6.35.